The number of hydrazone groups is 1. The van der Waals surface area contributed by atoms with Crippen LogP contribution in [0.4, 0.5) is 5.69 Å². The third kappa shape index (κ3) is 4.61. The number of hydrogen-bond donors (Lipinski definition) is 1. The van der Waals surface area contributed by atoms with Crippen molar-refractivity contribution in [2.24, 2.45) is 5.10 Å². The van der Waals surface area contributed by atoms with Crippen LogP contribution in [0.25, 0.3) is 17.0 Å². The lowest BCUT2D eigenvalue weighted by atomic mass is 10.00. The van der Waals surface area contributed by atoms with Gasteiger partial charge in [0.2, 0.25) is 0 Å². The van der Waals surface area contributed by atoms with Crippen molar-refractivity contribution in [2.75, 3.05) is 18.1 Å². The van der Waals surface area contributed by atoms with E-state index >= 15 is 0 Å². The van der Waals surface area contributed by atoms with Crippen LogP contribution in [0.5, 0.6) is 0 Å². The first-order valence-corrected chi connectivity index (χ1v) is 12.8. The Morgan fingerprint density at radius 2 is 1.68 bits per heavy atom. The van der Waals surface area contributed by atoms with Gasteiger partial charge in [0.15, 0.2) is 0 Å². The van der Waals surface area contributed by atoms with E-state index in [1.807, 2.05) is 61.7 Å². The van der Waals surface area contributed by atoms with Crippen molar-refractivity contribution in [1.29, 1.82) is 0 Å². The second-order valence-electron chi connectivity index (χ2n) is 9.86. The maximum Gasteiger partial charge on any atom is 0.280 e. The quantitative estimate of drug-likeness (QED) is 0.393. The van der Waals surface area contributed by atoms with Gasteiger partial charge in [0.25, 0.3) is 5.91 Å². The molecule has 2 aliphatic heterocycles. The standard InChI is InChI=1S/C31H30N4O2/c1-22-29(31(37)35(32-22)26-11-3-2-4-12-26)17-25-19-34(30-14-8-7-13-28(25)30)21-27(36)20-33-16-15-23-9-5-6-10-24(23)18-33/h2-14,17,19,27,36H,15-16,18,20-21H2,1H3. The summed E-state index contributed by atoms with van der Waals surface area (Å²) in [6.45, 7) is 4.80. The van der Waals surface area contributed by atoms with Crippen LogP contribution in [-0.2, 0) is 24.3 Å². The van der Waals surface area contributed by atoms with Crippen LogP contribution in [0.3, 0.4) is 0 Å². The number of carbonyl (C=O) groups is 1. The van der Waals surface area contributed by atoms with Crippen LogP contribution < -0.4 is 5.01 Å². The van der Waals surface area contributed by atoms with Crippen LogP contribution >= 0.6 is 0 Å². The molecule has 1 unspecified atom stereocenters. The van der Waals surface area contributed by atoms with Crippen molar-refractivity contribution in [3.63, 3.8) is 0 Å². The number of nitrogens with zero attached hydrogens (tertiary/aromatic N) is 4. The molecule has 4 aromatic rings. The molecule has 1 aromatic heterocycles. The Hall–Kier alpha value is -4.00. The average Bonchev–Trinajstić information content (AvgIpc) is 3.41. The van der Waals surface area contributed by atoms with E-state index in [2.05, 4.69) is 51.0 Å². The molecule has 0 bridgehead atoms. The summed E-state index contributed by atoms with van der Waals surface area (Å²) in [4.78, 5) is 15.6. The van der Waals surface area contributed by atoms with Crippen LogP contribution in [0.15, 0.2) is 95.7 Å². The number of benzene rings is 3. The van der Waals surface area contributed by atoms with Gasteiger partial charge in [-0.15, -0.1) is 0 Å². The number of aliphatic hydroxyl groups excluding tert-OH is 1. The summed E-state index contributed by atoms with van der Waals surface area (Å²) < 4.78 is 2.10. The Kier molecular flexibility index (Phi) is 6.20. The molecule has 1 amide bonds. The monoisotopic (exact) mass is 490 g/mol. The highest BCUT2D eigenvalue weighted by atomic mass is 16.3. The minimum absolute atomic E-state index is 0.133. The van der Waals surface area contributed by atoms with E-state index in [1.54, 1.807) is 0 Å². The van der Waals surface area contributed by atoms with Gasteiger partial charge in [-0.2, -0.15) is 10.1 Å². The number of para-hydroxylation sites is 2. The van der Waals surface area contributed by atoms with E-state index in [0.717, 1.165) is 41.7 Å². The van der Waals surface area contributed by atoms with E-state index in [0.29, 0.717) is 24.4 Å². The molecule has 6 nitrogen and oxygen atoms in total. The second-order valence-corrected chi connectivity index (χ2v) is 9.86. The Morgan fingerprint density at radius 1 is 0.946 bits per heavy atom. The van der Waals surface area contributed by atoms with E-state index in [-0.39, 0.29) is 5.91 Å². The summed E-state index contributed by atoms with van der Waals surface area (Å²) in [6.07, 6.45) is 4.48. The highest BCUT2D eigenvalue weighted by Crippen LogP contribution is 2.29. The zero-order valence-corrected chi connectivity index (χ0v) is 20.9. The first-order chi connectivity index (χ1) is 18.1. The maximum atomic E-state index is 13.2. The van der Waals surface area contributed by atoms with E-state index in [1.165, 1.54) is 16.1 Å². The Balaban J connectivity index is 1.23. The zero-order chi connectivity index (χ0) is 25.4. The van der Waals surface area contributed by atoms with Crippen molar-refractivity contribution in [1.82, 2.24) is 9.47 Å². The van der Waals surface area contributed by atoms with E-state index in [4.69, 9.17) is 0 Å². The molecule has 37 heavy (non-hydrogen) atoms. The zero-order valence-electron chi connectivity index (χ0n) is 20.9. The first-order valence-electron chi connectivity index (χ1n) is 12.8. The molecule has 0 spiro atoms. The van der Waals surface area contributed by atoms with Crippen LogP contribution in [-0.4, -0.2) is 45.4 Å². The lowest BCUT2D eigenvalue weighted by Gasteiger charge is -2.30. The fraction of sp³-hybridized carbons (Fsp3) is 0.226. The molecule has 0 fully saturated rings. The van der Waals surface area contributed by atoms with Gasteiger partial charge in [-0.3, -0.25) is 9.69 Å². The van der Waals surface area contributed by atoms with Crippen LogP contribution in [0, 0.1) is 0 Å². The molecule has 0 saturated carbocycles. The summed E-state index contributed by atoms with van der Waals surface area (Å²) in [5.41, 5.74) is 6.77. The number of carbonyl (C=O) groups excluding carboxylic acids is 1. The number of rotatable bonds is 6. The molecule has 3 heterocycles. The van der Waals surface area contributed by atoms with Gasteiger partial charge >= 0.3 is 0 Å². The smallest absolute Gasteiger partial charge is 0.280 e. The van der Waals surface area contributed by atoms with Gasteiger partial charge < -0.3 is 9.67 Å². The predicted octanol–water partition coefficient (Wildman–Crippen LogP) is 4.87. The second kappa shape index (κ2) is 9.81. The third-order valence-electron chi connectivity index (χ3n) is 7.27. The molecule has 186 valence electrons. The maximum absolute atomic E-state index is 13.2. The molecule has 3 aromatic carbocycles. The molecule has 1 N–H and O–H groups in total. The molecule has 1 atom stereocenters. The van der Waals surface area contributed by atoms with Gasteiger partial charge in [0.05, 0.1) is 23.1 Å². The van der Waals surface area contributed by atoms with Crippen molar-refractivity contribution in [3.8, 4) is 0 Å². The first kappa shape index (κ1) is 23.4. The fourth-order valence-electron chi connectivity index (χ4n) is 5.42. The summed E-state index contributed by atoms with van der Waals surface area (Å²) in [7, 11) is 0. The highest BCUT2D eigenvalue weighted by molar-refractivity contribution is 6.32. The number of hydrogen-bond acceptors (Lipinski definition) is 4. The molecule has 6 rings (SSSR count). The summed E-state index contributed by atoms with van der Waals surface area (Å²) in [5.74, 6) is -0.133. The SMILES string of the molecule is CC1=NN(c2ccccc2)C(=O)C1=Cc1cn(CC(O)CN2CCc3ccccc3C2)c2ccccc12. The van der Waals surface area contributed by atoms with Gasteiger partial charge in [-0.05, 0) is 48.7 Å². The molecular weight excluding hydrogens is 460 g/mol. The molecule has 0 saturated heterocycles. The van der Waals surface area contributed by atoms with Gasteiger partial charge in [-0.25, -0.2) is 0 Å². The summed E-state index contributed by atoms with van der Waals surface area (Å²) in [5, 5.41) is 18.1. The number of aromatic nitrogens is 1. The number of fused-ring (bicyclic) bond motifs is 2. The minimum atomic E-state index is -0.508. The Bertz CT molecular complexity index is 1520. The summed E-state index contributed by atoms with van der Waals surface area (Å²) >= 11 is 0. The average molecular weight is 491 g/mol. The molecule has 2 aliphatic rings. The lowest BCUT2D eigenvalue weighted by Crippen LogP contribution is -2.38. The van der Waals surface area contributed by atoms with Crippen molar-refractivity contribution in [3.05, 3.63) is 107 Å². The van der Waals surface area contributed by atoms with Crippen molar-refractivity contribution >= 4 is 34.3 Å². The Morgan fingerprint density at radius 3 is 2.51 bits per heavy atom. The van der Waals surface area contributed by atoms with E-state index < -0.39 is 6.10 Å². The predicted molar refractivity (Wildman–Crippen MR) is 148 cm³/mol. The largest absolute Gasteiger partial charge is 0.390 e. The van der Waals surface area contributed by atoms with Crippen molar-refractivity contribution < 1.29 is 9.90 Å². The molecule has 0 radical (unpaired) electrons. The summed E-state index contributed by atoms with van der Waals surface area (Å²) in [6, 6.07) is 26.2. The Labute approximate surface area is 216 Å². The minimum Gasteiger partial charge on any atom is -0.390 e. The number of amides is 1. The third-order valence-corrected chi connectivity index (χ3v) is 7.27. The lowest BCUT2D eigenvalue weighted by molar-refractivity contribution is -0.114. The number of aliphatic hydroxyl groups is 1. The van der Waals surface area contributed by atoms with E-state index in [9.17, 15) is 9.90 Å². The number of β-amino-alcohol motifs (C(OH)–C–C–N with tert-alkyl or cyclic N) is 1. The van der Waals surface area contributed by atoms with Crippen LogP contribution in [0.2, 0.25) is 0 Å². The van der Waals surface area contributed by atoms with Gasteiger partial charge in [0, 0.05) is 48.8 Å². The molecule has 6 heteroatoms. The van der Waals surface area contributed by atoms with Gasteiger partial charge in [0.1, 0.15) is 0 Å². The topological polar surface area (TPSA) is 61.1 Å². The van der Waals surface area contributed by atoms with Crippen LogP contribution in [0.1, 0.15) is 23.6 Å². The fourth-order valence-corrected chi connectivity index (χ4v) is 5.42. The molecule has 0 aliphatic carbocycles. The molecular formula is C31H30N4O2. The van der Waals surface area contributed by atoms with Crippen molar-refractivity contribution in [2.45, 2.75) is 32.5 Å². The number of anilines is 1. The normalized spacial score (nSPS) is 17.9. The van der Waals surface area contributed by atoms with Gasteiger partial charge in [-0.1, -0.05) is 60.7 Å². The highest BCUT2D eigenvalue weighted by Gasteiger charge is 2.29.